The number of nitrogens with one attached hydrogen (secondary N) is 2. The van der Waals surface area contributed by atoms with Crippen molar-refractivity contribution < 1.29 is 43.0 Å². The number of hydrogen-bond acceptors (Lipinski definition) is 15. The van der Waals surface area contributed by atoms with E-state index in [1.54, 1.807) is 10.6 Å². The highest BCUT2D eigenvalue weighted by atomic mass is 32.2. The number of fused-ring (bicyclic) bond motifs is 2. The van der Waals surface area contributed by atoms with Crippen molar-refractivity contribution in [3.63, 3.8) is 0 Å². The summed E-state index contributed by atoms with van der Waals surface area (Å²) >= 11 is 2.23. The largest absolute Gasteiger partial charge is 0.512 e. The first kappa shape index (κ1) is 34.6. The number of piperazine rings is 1. The highest BCUT2D eigenvalue weighted by Crippen LogP contribution is 2.41. The van der Waals surface area contributed by atoms with Crippen LogP contribution in [0.2, 0.25) is 0 Å². The number of thiazole rings is 1. The third-order valence-electron chi connectivity index (χ3n) is 8.17. The van der Waals surface area contributed by atoms with E-state index < -0.39 is 53.2 Å². The van der Waals surface area contributed by atoms with E-state index in [0.29, 0.717) is 43.9 Å². The van der Waals surface area contributed by atoms with Gasteiger partial charge in [0.05, 0.1) is 11.2 Å². The summed E-state index contributed by atoms with van der Waals surface area (Å²) < 4.78 is 27.3. The minimum absolute atomic E-state index is 0.000855. The lowest BCUT2D eigenvalue weighted by Crippen LogP contribution is -2.70. The summed E-state index contributed by atoms with van der Waals surface area (Å²) in [6.07, 6.45) is -0.387. The van der Waals surface area contributed by atoms with E-state index in [2.05, 4.69) is 20.8 Å². The Morgan fingerprint density at radius 2 is 2.00 bits per heavy atom. The van der Waals surface area contributed by atoms with Crippen molar-refractivity contribution in [1.82, 2.24) is 25.1 Å². The number of β-lactam (4-membered cyclic amide) rings is 1. The SMILES string of the molecule is CCn1cc(C(=O)OCC2=C(OC(=O)O)N3C(=O)[C@@H](NC(=O)/C(=N\OC)c4csc(N)n4)[C@H]3SC2)c(=O)c2cc(F)c(N3CCNCC3)cc21. The fraction of sp³-hybridized carbons (Fsp3) is 0.367. The van der Waals surface area contributed by atoms with Crippen LogP contribution in [-0.2, 0) is 30.4 Å². The molecule has 2 aromatic heterocycles. The Bertz CT molecular complexity index is 2010. The fourth-order valence-corrected chi connectivity index (χ4v) is 7.65. The van der Waals surface area contributed by atoms with Crippen LogP contribution in [0.4, 0.5) is 20.0 Å². The number of hydrogen-bond donors (Lipinski definition) is 4. The van der Waals surface area contributed by atoms with E-state index in [1.165, 1.54) is 18.7 Å². The normalized spacial score (nSPS) is 19.2. The molecule has 50 heavy (non-hydrogen) atoms. The molecule has 0 aliphatic carbocycles. The number of benzene rings is 1. The summed E-state index contributed by atoms with van der Waals surface area (Å²) in [6, 6.07) is 1.63. The van der Waals surface area contributed by atoms with Gasteiger partial charge in [-0.05, 0) is 19.1 Å². The minimum Gasteiger partial charge on any atom is -0.457 e. The van der Waals surface area contributed by atoms with Gasteiger partial charge in [-0.1, -0.05) is 5.16 Å². The summed E-state index contributed by atoms with van der Waals surface area (Å²) in [5.41, 5.74) is 5.42. The van der Waals surface area contributed by atoms with E-state index in [9.17, 15) is 29.1 Å². The van der Waals surface area contributed by atoms with Crippen molar-refractivity contribution in [2.45, 2.75) is 24.9 Å². The Morgan fingerprint density at radius 1 is 1.24 bits per heavy atom. The summed E-state index contributed by atoms with van der Waals surface area (Å²) in [7, 11) is 1.23. The number of pyridine rings is 1. The van der Waals surface area contributed by atoms with Gasteiger partial charge in [0, 0.05) is 61.0 Å². The first-order valence-corrected chi connectivity index (χ1v) is 17.2. The molecule has 0 bridgehead atoms. The lowest BCUT2D eigenvalue weighted by atomic mass is 10.1. The molecule has 5 heterocycles. The zero-order valence-corrected chi connectivity index (χ0v) is 28.3. The van der Waals surface area contributed by atoms with Crippen molar-refractivity contribution in [3.8, 4) is 0 Å². The maximum absolute atomic E-state index is 15.3. The van der Waals surface area contributed by atoms with Crippen LogP contribution in [0.25, 0.3) is 10.9 Å². The van der Waals surface area contributed by atoms with Gasteiger partial charge in [-0.15, -0.1) is 23.1 Å². The van der Waals surface area contributed by atoms with Gasteiger partial charge < -0.3 is 45.3 Å². The van der Waals surface area contributed by atoms with Crippen LogP contribution in [0.1, 0.15) is 23.0 Å². The molecule has 264 valence electrons. The van der Waals surface area contributed by atoms with E-state index in [0.717, 1.165) is 34.1 Å². The van der Waals surface area contributed by atoms with Crippen molar-refractivity contribution in [3.05, 3.63) is 62.5 Å². The van der Waals surface area contributed by atoms with Crippen molar-refractivity contribution >= 4 is 74.5 Å². The second-order valence-corrected chi connectivity index (χ2v) is 13.1. The number of anilines is 2. The number of carbonyl (C=O) groups excluding carboxylic acids is 3. The average Bonchev–Trinajstić information content (AvgIpc) is 3.54. The molecule has 20 heteroatoms. The summed E-state index contributed by atoms with van der Waals surface area (Å²) in [5.74, 6) is -3.46. The Hall–Kier alpha value is -5.21. The second kappa shape index (κ2) is 14.3. The van der Waals surface area contributed by atoms with Crippen molar-refractivity contribution in [2.75, 3.05) is 56.3 Å². The second-order valence-electron chi connectivity index (χ2n) is 11.1. The Balaban J connectivity index is 1.20. The van der Waals surface area contributed by atoms with E-state index in [-0.39, 0.29) is 44.7 Å². The summed E-state index contributed by atoms with van der Waals surface area (Å²) in [5, 5.41) is 19.8. The summed E-state index contributed by atoms with van der Waals surface area (Å²) in [6.45, 7) is 4.20. The number of nitrogens with zero attached hydrogens (tertiary/aromatic N) is 5. The van der Waals surface area contributed by atoms with E-state index >= 15 is 4.39 Å². The van der Waals surface area contributed by atoms with Gasteiger partial charge in [0.1, 0.15) is 42.2 Å². The molecule has 0 radical (unpaired) electrons. The highest BCUT2D eigenvalue weighted by Gasteiger charge is 2.54. The first-order chi connectivity index (χ1) is 24.0. The molecular formula is C30H31FN8O9S2. The number of amides is 2. The molecule has 0 unspecified atom stereocenters. The average molecular weight is 731 g/mol. The van der Waals surface area contributed by atoms with Crippen LogP contribution in [0.3, 0.4) is 0 Å². The maximum Gasteiger partial charge on any atom is 0.512 e. The molecule has 3 aliphatic heterocycles. The molecular weight excluding hydrogens is 700 g/mol. The molecule has 2 amide bonds. The molecule has 3 aromatic rings. The fourth-order valence-electron chi connectivity index (χ4n) is 5.80. The number of nitrogen functional groups attached to an aromatic ring is 1. The van der Waals surface area contributed by atoms with Crippen LogP contribution in [-0.4, -0.2) is 106 Å². The number of esters is 1. The quantitative estimate of drug-likeness (QED) is 0.0995. The predicted octanol–water partition coefficient (Wildman–Crippen LogP) is 1.12. The van der Waals surface area contributed by atoms with Gasteiger partial charge in [-0.3, -0.25) is 19.3 Å². The van der Waals surface area contributed by atoms with E-state index in [4.69, 9.17) is 20.0 Å². The number of nitrogens with two attached hydrogens (primary N) is 1. The standard InChI is InChI=1S/C30H31FN8O9S2/c1-3-37-10-16(23(40)15-8-17(31)20(9-19(15)37)38-6-4-33-5-7-38)28(43)47-11-14-12-49-27-22(25(42)39(27)26(14)48-30(44)45)35-24(41)21(36-46-2)18-13-50-29(32)34-18/h8-10,13,22,27,33H,3-7,11-12H2,1-2H3,(H2,32,34)(H,35,41)(H,44,45)/b36-21-/t22-,27-/m1/s1. The van der Waals surface area contributed by atoms with Gasteiger partial charge in [-0.25, -0.2) is 19.0 Å². The number of thioether (sulfide) groups is 1. The van der Waals surface area contributed by atoms with Crippen LogP contribution in [0, 0.1) is 5.82 Å². The Morgan fingerprint density at radius 3 is 2.66 bits per heavy atom. The van der Waals surface area contributed by atoms with Gasteiger partial charge in [-0.2, -0.15) is 0 Å². The van der Waals surface area contributed by atoms with E-state index in [1.807, 2.05) is 11.8 Å². The Kier molecular flexibility index (Phi) is 9.93. The number of aromatic nitrogens is 2. The summed E-state index contributed by atoms with van der Waals surface area (Å²) in [4.78, 5) is 76.3. The van der Waals surface area contributed by atoms with Gasteiger partial charge in [0.15, 0.2) is 10.8 Å². The number of halogens is 1. The number of oxime groups is 1. The zero-order valence-electron chi connectivity index (χ0n) is 26.6. The molecule has 1 aromatic carbocycles. The van der Waals surface area contributed by atoms with Crippen LogP contribution in [0.5, 0.6) is 0 Å². The monoisotopic (exact) mass is 730 g/mol. The number of aryl methyl sites for hydroxylation is 1. The van der Waals surface area contributed by atoms with Gasteiger partial charge >= 0.3 is 12.1 Å². The molecule has 5 N–H and O–H groups in total. The first-order valence-electron chi connectivity index (χ1n) is 15.2. The number of rotatable bonds is 10. The third-order valence-corrected chi connectivity index (χ3v) is 10.2. The number of carboxylic acid groups (broad SMARTS) is 1. The molecule has 6 rings (SSSR count). The zero-order chi connectivity index (χ0) is 35.7. The lowest BCUT2D eigenvalue weighted by molar-refractivity contribution is -0.148. The van der Waals surface area contributed by atoms with Crippen LogP contribution >= 0.6 is 23.1 Å². The molecule has 2 atom stereocenters. The topological polar surface area (TPSA) is 220 Å². The third kappa shape index (κ3) is 6.55. The number of carbonyl (C=O) groups is 4. The van der Waals surface area contributed by atoms with Crippen LogP contribution < -0.4 is 26.7 Å². The maximum atomic E-state index is 15.3. The Labute approximate surface area is 290 Å². The van der Waals surface area contributed by atoms with Gasteiger partial charge in [0.25, 0.3) is 11.8 Å². The number of ether oxygens (including phenoxy) is 2. The molecule has 0 saturated carbocycles. The molecule has 3 aliphatic rings. The predicted molar refractivity (Wildman–Crippen MR) is 180 cm³/mol. The van der Waals surface area contributed by atoms with Crippen molar-refractivity contribution in [1.29, 1.82) is 0 Å². The molecule has 0 spiro atoms. The van der Waals surface area contributed by atoms with Crippen molar-refractivity contribution in [2.24, 2.45) is 5.16 Å². The van der Waals surface area contributed by atoms with Gasteiger partial charge in [0.2, 0.25) is 11.3 Å². The smallest absolute Gasteiger partial charge is 0.457 e. The highest BCUT2D eigenvalue weighted by molar-refractivity contribution is 8.00. The van der Waals surface area contributed by atoms with Crippen LogP contribution in [0.15, 0.2) is 45.1 Å². The molecule has 17 nitrogen and oxygen atoms in total. The molecule has 2 saturated heterocycles. The molecule has 2 fully saturated rings. The lowest BCUT2D eigenvalue weighted by Gasteiger charge is -2.49. The minimum atomic E-state index is -1.73.